The van der Waals surface area contributed by atoms with Gasteiger partial charge in [-0.3, -0.25) is 13.8 Å². The maximum Gasteiger partial charge on any atom is 0.472 e. The number of phosphoric ester groups is 1. The van der Waals surface area contributed by atoms with Gasteiger partial charge in [-0.25, -0.2) is 4.57 Å². The SMILES string of the molecule is CC/C=C\C/C=C\C/C=C\C/C=C\C/C=C\C/C=C\CCCCCCC(=O)OC(COCCCCCCCC/C=C\C/C=C\CCCCC)COP(=O)(O)OC1C(O)C(O)C(O)C(O)C1O. The highest BCUT2D eigenvalue weighted by Gasteiger charge is 2.51. The second-order valence-corrected chi connectivity index (χ2v) is 18.3. The van der Waals surface area contributed by atoms with Crippen molar-refractivity contribution in [3.63, 3.8) is 0 Å². The van der Waals surface area contributed by atoms with Crippen LogP contribution >= 0.6 is 7.82 Å². The molecule has 0 heterocycles. The lowest BCUT2D eigenvalue weighted by Gasteiger charge is -2.41. The minimum atomic E-state index is -5.04. The third-order valence-corrected chi connectivity index (χ3v) is 11.9. The number of phosphoric acid groups is 1. The molecule has 66 heavy (non-hydrogen) atoms. The van der Waals surface area contributed by atoms with Gasteiger partial charge in [-0.15, -0.1) is 0 Å². The van der Waals surface area contributed by atoms with Gasteiger partial charge >= 0.3 is 13.8 Å². The highest BCUT2D eigenvalue weighted by atomic mass is 31.2. The van der Waals surface area contributed by atoms with Crippen molar-refractivity contribution in [2.45, 2.75) is 211 Å². The summed E-state index contributed by atoms with van der Waals surface area (Å²) in [5.74, 6) is -0.509. The maximum absolute atomic E-state index is 12.8. The molecule has 0 spiro atoms. The second kappa shape index (κ2) is 42.4. The normalized spacial score (nSPS) is 22.2. The van der Waals surface area contributed by atoms with E-state index < -0.39 is 63.1 Å². The maximum atomic E-state index is 12.8. The average molecular weight is 949 g/mol. The molecule has 1 fully saturated rings. The summed E-state index contributed by atoms with van der Waals surface area (Å²) in [6.45, 7) is 4.06. The Morgan fingerprint density at radius 1 is 0.500 bits per heavy atom. The van der Waals surface area contributed by atoms with Crippen LogP contribution in [-0.2, 0) is 27.9 Å². The van der Waals surface area contributed by atoms with Crippen molar-refractivity contribution in [2.75, 3.05) is 19.8 Å². The number of ether oxygens (including phenoxy) is 2. The standard InChI is InChI=1S/C53H89O12P/c1-3-5-7-9-11-13-15-17-19-21-22-23-24-25-26-27-28-30-32-34-36-38-40-42-47(54)64-46(45-63-66(60,61)65-53-51(58)49(56)48(55)50(57)52(53)59)44-62-43-41-39-37-35-33-31-29-20-18-16-14-12-10-8-6-4-2/h5,7,11-14,17-20,22-23,25-26,28,30,46,48-53,55-59H,3-4,6,8-10,15-16,21,24,27,29,31-45H2,1-2H3,(H,60,61)/b7-5-,13-11-,14-12-,19-17-,20-18-,23-22-,26-25-,30-28-. The predicted molar refractivity (Wildman–Crippen MR) is 267 cm³/mol. The predicted octanol–water partition coefficient (Wildman–Crippen LogP) is 11.1. The quantitative estimate of drug-likeness (QED) is 0.0147. The number of esters is 1. The van der Waals surface area contributed by atoms with E-state index in [1.54, 1.807) is 0 Å². The van der Waals surface area contributed by atoms with Crippen LogP contribution in [0.2, 0.25) is 0 Å². The molecule has 6 atom stereocenters. The summed E-state index contributed by atoms with van der Waals surface area (Å²) < 4.78 is 34.2. The fourth-order valence-corrected chi connectivity index (χ4v) is 7.95. The molecule has 1 saturated carbocycles. The van der Waals surface area contributed by atoms with E-state index in [-0.39, 0.29) is 13.0 Å². The van der Waals surface area contributed by atoms with Crippen LogP contribution in [0, 0.1) is 0 Å². The van der Waals surface area contributed by atoms with E-state index in [1.165, 1.54) is 25.7 Å². The van der Waals surface area contributed by atoms with Crippen molar-refractivity contribution >= 4 is 13.8 Å². The Hall–Kier alpha value is -2.74. The Bertz CT molecular complexity index is 1450. The Balaban J connectivity index is 2.40. The van der Waals surface area contributed by atoms with E-state index in [1.807, 2.05) is 0 Å². The first-order chi connectivity index (χ1) is 32.0. The molecule has 0 amide bonds. The van der Waals surface area contributed by atoms with Crippen LogP contribution in [0.3, 0.4) is 0 Å². The fraction of sp³-hybridized carbons (Fsp3) is 0.679. The molecule has 6 N–H and O–H groups in total. The summed E-state index contributed by atoms with van der Waals surface area (Å²) in [5.41, 5.74) is 0. The van der Waals surface area contributed by atoms with Crippen molar-refractivity contribution in [1.29, 1.82) is 0 Å². The van der Waals surface area contributed by atoms with Gasteiger partial charge < -0.3 is 39.9 Å². The number of hydrogen-bond donors (Lipinski definition) is 6. The highest BCUT2D eigenvalue weighted by Crippen LogP contribution is 2.47. The number of hydrogen-bond acceptors (Lipinski definition) is 11. The zero-order valence-electron chi connectivity index (χ0n) is 40.5. The molecule has 1 aliphatic rings. The lowest BCUT2D eigenvalue weighted by atomic mass is 9.85. The molecule has 1 aliphatic carbocycles. The van der Waals surface area contributed by atoms with Crippen LogP contribution in [0.5, 0.6) is 0 Å². The minimum Gasteiger partial charge on any atom is -0.457 e. The monoisotopic (exact) mass is 949 g/mol. The van der Waals surface area contributed by atoms with E-state index in [4.69, 9.17) is 18.5 Å². The Morgan fingerprint density at radius 3 is 1.36 bits per heavy atom. The Labute approximate surface area is 398 Å². The van der Waals surface area contributed by atoms with Crippen LogP contribution in [0.1, 0.15) is 168 Å². The molecule has 12 nitrogen and oxygen atoms in total. The Morgan fingerprint density at radius 2 is 0.894 bits per heavy atom. The lowest BCUT2D eigenvalue weighted by molar-refractivity contribution is -0.220. The smallest absolute Gasteiger partial charge is 0.457 e. The third-order valence-electron chi connectivity index (χ3n) is 10.9. The number of aliphatic hydroxyl groups excluding tert-OH is 5. The molecule has 0 bridgehead atoms. The van der Waals surface area contributed by atoms with Gasteiger partial charge in [-0.05, 0) is 96.3 Å². The van der Waals surface area contributed by atoms with Crippen LogP contribution in [-0.4, -0.2) is 98.9 Å². The highest BCUT2D eigenvalue weighted by molar-refractivity contribution is 7.47. The summed E-state index contributed by atoms with van der Waals surface area (Å²) in [7, 11) is -5.04. The first kappa shape index (κ1) is 61.3. The van der Waals surface area contributed by atoms with Gasteiger partial charge in [0.25, 0.3) is 0 Å². The molecule has 0 radical (unpaired) electrons. The van der Waals surface area contributed by atoms with Crippen molar-refractivity contribution in [3.05, 3.63) is 97.2 Å². The molecular weight excluding hydrogens is 860 g/mol. The number of carbonyl (C=O) groups is 1. The number of allylic oxidation sites excluding steroid dienone is 16. The van der Waals surface area contributed by atoms with E-state index in [2.05, 4.69) is 111 Å². The van der Waals surface area contributed by atoms with Crippen molar-refractivity contribution < 1.29 is 58.3 Å². The number of carbonyl (C=O) groups excluding carboxylic acids is 1. The Kier molecular flexibility index (Phi) is 39.3. The van der Waals surface area contributed by atoms with Gasteiger partial charge in [0.05, 0.1) is 13.2 Å². The molecule has 6 unspecified atom stereocenters. The van der Waals surface area contributed by atoms with Gasteiger partial charge in [-0.2, -0.15) is 0 Å². The third kappa shape index (κ3) is 33.7. The molecule has 0 aromatic carbocycles. The summed E-state index contributed by atoms with van der Waals surface area (Å²) >= 11 is 0. The summed E-state index contributed by atoms with van der Waals surface area (Å²) in [4.78, 5) is 23.2. The van der Waals surface area contributed by atoms with Gasteiger partial charge in [0.1, 0.15) is 42.7 Å². The van der Waals surface area contributed by atoms with Crippen LogP contribution in [0.4, 0.5) is 0 Å². The van der Waals surface area contributed by atoms with E-state index in [9.17, 15) is 39.8 Å². The summed E-state index contributed by atoms with van der Waals surface area (Å²) in [6, 6.07) is 0. The fourth-order valence-electron chi connectivity index (χ4n) is 6.98. The second-order valence-electron chi connectivity index (χ2n) is 16.9. The van der Waals surface area contributed by atoms with E-state index >= 15 is 0 Å². The zero-order chi connectivity index (χ0) is 48.4. The van der Waals surface area contributed by atoms with Crippen molar-refractivity contribution in [1.82, 2.24) is 0 Å². The molecule has 13 heteroatoms. The van der Waals surface area contributed by atoms with Gasteiger partial charge in [-0.1, -0.05) is 162 Å². The molecule has 0 aliphatic heterocycles. The molecule has 1 rings (SSSR count). The van der Waals surface area contributed by atoms with Crippen LogP contribution < -0.4 is 0 Å². The minimum absolute atomic E-state index is 0.101. The van der Waals surface area contributed by atoms with Gasteiger partial charge in [0.15, 0.2) is 0 Å². The zero-order valence-corrected chi connectivity index (χ0v) is 41.3. The number of unbranched alkanes of at least 4 members (excludes halogenated alkanes) is 13. The topological polar surface area (TPSA) is 192 Å². The summed E-state index contributed by atoms with van der Waals surface area (Å²) in [5, 5.41) is 50.3. The first-order valence-electron chi connectivity index (χ1n) is 25.1. The molecular formula is C53H89O12P. The van der Waals surface area contributed by atoms with Crippen molar-refractivity contribution in [3.8, 4) is 0 Å². The van der Waals surface area contributed by atoms with E-state index in [0.29, 0.717) is 13.0 Å². The van der Waals surface area contributed by atoms with Crippen molar-refractivity contribution in [2.24, 2.45) is 0 Å². The largest absolute Gasteiger partial charge is 0.472 e. The molecule has 0 aromatic heterocycles. The first-order valence-corrected chi connectivity index (χ1v) is 26.6. The molecule has 0 aromatic rings. The summed E-state index contributed by atoms with van der Waals surface area (Å²) in [6.07, 6.45) is 46.1. The average Bonchev–Trinajstić information content (AvgIpc) is 3.30. The lowest BCUT2D eigenvalue weighted by Crippen LogP contribution is -2.64. The van der Waals surface area contributed by atoms with Gasteiger partial charge in [0, 0.05) is 13.0 Å². The van der Waals surface area contributed by atoms with E-state index in [0.717, 1.165) is 116 Å². The molecule has 0 saturated heterocycles. The number of aliphatic hydroxyl groups is 5. The van der Waals surface area contributed by atoms with Crippen LogP contribution in [0.25, 0.3) is 0 Å². The van der Waals surface area contributed by atoms with Crippen LogP contribution in [0.15, 0.2) is 97.2 Å². The molecule has 378 valence electrons. The van der Waals surface area contributed by atoms with Gasteiger partial charge in [0.2, 0.25) is 0 Å². The number of rotatable bonds is 41.